The van der Waals surface area contributed by atoms with Crippen molar-refractivity contribution in [3.8, 4) is 5.75 Å². The number of ether oxygens (including phenoxy) is 1. The molecular formula is C16H19NO4S. The maximum absolute atomic E-state index is 12.4. The van der Waals surface area contributed by atoms with Gasteiger partial charge in [-0.3, -0.25) is 4.79 Å². The Kier molecular flexibility index (Phi) is 4.04. The predicted molar refractivity (Wildman–Crippen MR) is 84.3 cm³/mol. The minimum absolute atomic E-state index is 0.131. The van der Waals surface area contributed by atoms with Crippen LogP contribution in [-0.4, -0.2) is 41.1 Å². The zero-order chi connectivity index (χ0) is 15.7. The average molecular weight is 321 g/mol. The minimum Gasteiger partial charge on any atom is -0.497 e. The summed E-state index contributed by atoms with van der Waals surface area (Å²) in [5, 5.41) is 12.2. The Morgan fingerprint density at radius 3 is 2.91 bits per heavy atom. The standard InChI is InChI=1S/C16H19NO4S/c1-21-11-4-2-3-10(7-11)12-8-13(12)14(18)17-16(15(19)20)5-6-22-9-16/h2-4,7,12-13H,5-6,8-9H2,1H3,(H,17,18)(H,19,20). The van der Waals surface area contributed by atoms with Gasteiger partial charge in [0.25, 0.3) is 0 Å². The molecule has 118 valence electrons. The molecule has 2 aliphatic rings. The molecule has 1 aliphatic heterocycles. The molecule has 0 radical (unpaired) electrons. The first-order valence-electron chi connectivity index (χ1n) is 7.33. The van der Waals surface area contributed by atoms with Crippen LogP contribution in [0.3, 0.4) is 0 Å². The number of benzene rings is 1. The highest BCUT2D eigenvalue weighted by atomic mass is 32.2. The lowest BCUT2D eigenvalue weighted by Crippen LogP contribution is -2.55. The second-order valence-electron chi connectivity index (χ2n) is 5.90. The zero-order valence-electron chi connectivity index (χ0n) is 12.4. The van der Waals surface area contributed by atoms with Crippen LogP contribution in [0.25, 0.3) is 0 Å². The summed E-state index contributed by atoms with van der Waals surface area (Å²) in [5.41, 5.74) is -0.00632. The lowest BCUT2D eigenvalue weighted by molar-refractivity contribution is -0.146. The Morgan fingerprint density at radius 2 is 2.27 bits per heavy atom. The van der Waals surface area contributed by atoms with Crippen LogP contribution in [0.1, 0.15) is 24.3 Å². The van der Waals surface area contributed by atoms with Gasteiger partial charge in [0.1, 0.15) is 11.3 Å². The van der Waals surface area contributed by atoms with Crippen LogP contribution >= 0.6 is 11.8 Å². The number of nitrogens with one attached hydrogen (secondary N) is 1. The second-order valence-corrected chi connectivity index (χ2v) is 7.01. The fourth-order valence-electron chi connectivity index (χ4n) is 2.94. The SMILES string of the molecule is COc1cccc(C2CC2C(=O)NC2(C(=O)O)CCSC2)c1. The summed E-state index contributed by atoms with van der Waals surface area (Å²) < 4.78 is 5.20. The topological polar surface area (TPSA) is 75.6 Å². The molecule has 3 unspecified atom stereocenters. The number of thioether (sulfide) groups is 1. The zero-order valence-corrected chi connectivity index (χ0v) is 13.2. The van der Waals surface area contributed by atoms with E-state index in [4.69, 9.17) is 4.74 Å². The van der Waals surface area contributed by atoms with Gasteiger partial charge in [-0.2, -0.15) is 11.8 Å². The number of carboxylic acid groups (broad SMARTS) is 1. The lowest BCUT2D eigenvalue weighted by atomic mass is 9.98. The molecule has 0 bridgehead atoms. The summed E-state index contributed by atoms with van der Waals surface area (Å²) in [7, 11) is 1.62. The fraction of sp³-hybridized carbons (Fsp3) is 0.500. The quantitative estimate of drug-likeness (QED) is 0.866. The van der Waals surface area contributed by atoms with E-state index in [1.54, 1.807) is 18.9 Å². The van der Waals surface area contributed by atoms with Crippen LogP contribution in [0, 0.1) is 5.92 Å². The maximum Gasteiger partial charge on any atom is 0.330 e. The predicted octanol–water partition coefficient (Wildman–Crippen LogP) is 1.88. The van der Waals surface area contributed by atoms with Crippen molar-refractivity contribution >= 4 is 23.6 Å². The summed E-state index contributed by atoms with van der Waals surface area (Å²) in [4.78, 5) is 23.9. The third-order valence-corrected chi connectivity index (χ3v) is 5.63. The Labute approximate surface area is 133 Å². The molecule has 1 aliphatic carbocycles. The van der Waals surface area contributed by atoms with Crippen molar-refractivity contribution in [2.75, 3.05) is 18.6 Å². The molecule has 5 nitrogen and oxygen atoms in total. The van der Waals surface area contributed by atoms with Crippen molar-refractivity contribution in [3.05, 3.63) is 29.8 Å². The number of carbonyl (C=O) groups is 2. The van der Waals surface area contributed by atoms with Crippen molar-refractivity contribution in [1.29, 1.82) is 0 Å². The van der Waals surface area contributed by atoms with Gasteiger partial charge in [-0.1, -0.05) is 12.1 Å². The van der Waals surface area contributed by atoms with Gasteiger partial charge in [0.15, 0.2) is 0 Å². The van der Waals surface area contributed by atoms with Crippen molar-refractivity contribution in [2.24, 2.45) is 5.92 Å². The first-order chi connectivity index (χ1) is 10.6. The van der Waals surface area contributed by atoms with Gasteiger partial charge in [0.05, 0.1) is 7.11 Å². The van der Waals surface area contributed by atoms with Crippen molar-refractivity contribution < 1.29 is 19.4 Å². The summed E-state index contributed by atoms with van der Waals surface area (Å²) in [6.07, 6.45) is 1.26. The monoisotopic (exact) mass is 321 g/mol. The molecule has 3 rings (SSSR count). The van der Waals surface area contributed by atoms with E-state index in [-0.39, 0.29) is 17.7 Å². The van der Waals surface area contributed by atoms with E-state index in [1.807, 2.05) is 24.3 Å². The van der Waals surface area contributed by atoms with E-state index in [9.17, 15) is 14.7 Å². The number of rotatable bonds is 5. The third-order valence-electron chi connectivity index (χ3n) is 4.44. The Balaban J connectivity index is 1.66. The summed E-state index contributed by atoms with van der Waals surface area (Å²) in [6, 6.07) is 7.71. The molecule has 0 aromatic heterocycles. The molecule has 3 atom stereocenters. The number of aliphatic carboxylic acids is 1. The van der Waals surface area contributed by atoms with Gasteiger partial charge in [0, 0.05) is 11.7 Å². The van der Waals surface area contributed by atoms with Gasteiger partial charge in [-0.25, -0.2) is 4.79 Å². The molecule has 1 aromatic rings. The van der Waals surface area contributed by atoms with Crippen molar-refractivity contribution in [2.45, 2.75) is 24.3 Å². The molecular weight excluding hydrogens is 302 g/mol. The molecule has 0 spiro atoms. The van der Waals surface area contributed by atoms with E-state index in [0.717, 1.165) is 23.5 Å². The Hall–Kier alpha value is -1.69. The number of hydrogen-bond donors (Lipinski definition) is 2. The molecule has 1 saturated heterocycles. The number of carboxylic acids is 1. The average Bonchev–Trinajstić information content (AvgIpc) is 3.19. The summed E-state index contributed by atoms with van der Waals surface area (Å²) in [5.74, 6) is 0.963. The molecule has 1 aromatic carbocycles. The number of amides is 1. The second kappa shape index (κ2) is 5.83. The number of carbonyl (C=O) groups excluding carboxylic acids is 1. The van der Waals surface area contributed by atoms with Crippen molar-refractivity contribution in [1.82, 2.24) is 5.32 Å². The van der Waals surface area contributed by atoms with Gasteiger partial charge in [0.2, 0.25) is 5.91 Å². The lowest BCUT2D eigenvalue weighted by Gasteiger charge is -2.24. The van der Waals surface area contributed by atoms with Gasteiger partial charge in [-0.15, -0.1) is 0 Å². The van der Waals surface area contributed by atoms with Crippen LogP contribution in [0.4, 0.5) is 0 Å². The van der Waals surface area contributed by atoms with E-state index in [0.29, 0.717) is 12.2 Å². The molecule has 1 heterocycles. The smallest absolute Gasteiger partial charge is 0.330 e. The molecule has 2 fully saturated rings. The number of methoxy groups -OCH3 is 1. The minimum atomic E-state index is -1.08. The van der Waals surface area contributed by atoms with Crippen LogP contribution in [-0.2, 0) is 9.59 Å². The highest BCUT2D eigenvalue weighted by Crippen LogP contribution is 2.48. The largest absolute Gasteiger partial charge is 0.497 e. The first kappa shape index (κ1) is 15.2. The Morgan fingerprint density at radius 1 is 1.45 bits per heavy atom. The molecule has 1 saturated carbocycles. The van der Waals surface area contributed by atoms with Crippen LogP contribution in [0.5, 0.6) is 5.75 Å². The molecule has 2 N–H and O–H groups in total. The first-order valence-corrected chi connectivity index (χ1v) is 8.48. The van der Waals surface area contributed by atoms with Crippen LogP contribution in [0.15, 0.2) is 24.3 Å². The molecule has 6 heteroatoms. The van der Waals surface area contributed by atoms with Crippen molar-refractivity contribution in [3.63, 3.8) is 0 Å². The highest BCUT2D eigenvalue weighted by molar-refractivity contribution is 7.99. The summed E-state index contributed by atoms with van der Waals surface area (Å²) >= 11 is 1.57. The van der Waals surface area contributed by atoms with Crippen LogP contribution in [0.2, 0.25) is 0 Å². The normalized spacial score (nSPS) is 29.9. The van der Waals surface area contributed by atoms with Gasteiger partial charge < -0.3 is 15.2 Å². The van der Waals surface area contributed by atoms with Gasteiger partial charge >= 0.3 is 5.97 Å². The summed E-state index contributed by atoms with van der Waals surface area (Å²) in [6.45, 7) is 0. The molecule has 1 amide bonds. The van der Waals surface area contributed by atoms with E-state index < -0.39 is 11.5 Å². The van der Waals surface area contributed by atoms with Crippen LogP contribution < -0.4 is 10.1 Å². The van der Waals surface area contributed by atoms with E-state index >= 15 is 0 Å². The number of hydrogen-bond acceptors (Lipinski definition) is 4. The van der Waals surface area contributed by atoms with E-state index in [2.05, 4.69) is 5.32 Å². The molecule has 22 heavy (non-hydrogen) atoms. The van der Waals surface area contributed by atoms with Gasteiger partial charge in [-0.05, 0) is 42.2 Å². The van der Waals surface area contributed by atoms with E-state index in [1.165, 1.54) is 0 Å². The Bertz CT molecular complexity index is 598. The third kappa shape index (κ3) is 2.79. The fourth-order valence-corrected chi connectivity index (χ4v) is 4.27. The maximum atomic E-state index is 12.4. The highest BCUT2D eigenvalue weighted by Gasteiger charge is 2.49.